The average Bonchev–Trinajstić information content (AvgIpc) is 3.45. The van der Waals surface area contributed by atoms with Gasteiger partial charge in [0.2, 0.25) is 11.7 Å². The Morgan fingerprint density at radius 1 is 1.05 bits per heavy atom. The van der Waals surface area contributed by atoms with E-state index < -0.39 is 17.9 Å². The average molecular weight is 523 g/mol. The van der Waals surface area contributed by atoms with Crippen LogP contribution in [0, 0.1) is 17.8 Å². The van der Waals surface area contributed by atoms with Crippen LogP contribution >= 0.6 is 0 Å². The van der Waals surface area contributed by atoms with Gasteiger partial charge in [-0.1, -0.05) is 57.0 Å². The molecular formula is C30H42N4O4. The standard InChI is InChI=1S/C30H42N4O4/c1-18(2)31-30(38)33-27(24-15-22-10-5-6-11-23(22)16-24)20(4)34-13-12-19(3)28(34)29(37)32-25(26(36)17-35)14-21-8-7-9-21/h5-6,10-11,17-19,21,24-25,27-28H,4,7-9,12-16H2,1-3H3,(H,32,37)(H2,31,33,38)/t19-,25?,27?,28?/m0/s1. The maximum Gasteiger partial charge on any atom is 0.315 e. The topological polar surface area (TPSA) is 108 Å². The number of hydrogen-bond donors (Lipinski definition) is 3. The molecule has 206 valence electrons. The van der Waals surface area contributed by atoms with Crippen molar-refractivity contribution in [2.45, 2.75) is 89.9 Å². The van der Waals surface area contributed by atoms with Crippen LogP contribution in [0.2, 0.25) is 0 Å². The van der Waals surface area contributed by atoms with Gasteiger partial charge in [-0.25, -0.2) is 4.79 Å². The second-order valence-electron chi connectivity index (χ2n) is 11.7. The summed E-state index contributed by atoms with van der Waals surface area (Å²) in [4.78, 5) is 52.2. The molecule has 3 N–H and O–H groups in total. The van der Waals surface area contributed by atoms with Gasteiger partial charge in [0.1, 0.15) is 6.04 Å². The van der Waals surface area contributed by atoms with Crippen molar-refractivity contribution in [2.24, 2.45) is 17.8 Å². The first-order chi connectivity index (χ1) is 18.2. The SMILES string of the molecule is C=C(C(NC(=O)NC(C)C)C1Cc2ccccc2C1)N1CC[C@H](C)C1C(=O)NC(CC1CCC1)C(=O)C=O. The maximum absolute atomic E-state index is 13.6. The summed E-state index contributed by atoms with van der Waals surface area (Å²) in [5.41, 5.74) is 3.26. The lowest BCUT2D eigenvalue weighted by Crippen LogP contribution is -2.55. The van der Waals surface area contributed by atoms with Gasteiger partial charge in [0, 0.05) is 18.3 Å². The number of carbonyl (C=O) groups is 4. The molecule has 1 aliphatic heterocycles. The lowest BCUT2D eigenvalue weighted by Gasteiger charge is -2.37. The summed E-state index contributed by atoms with van der Waals surface area (Å²) in [6, 6.07) is 6.39. The lowest BCUT2D eigenvalue weighted by molar-refractivity contribution is -0.135. The van der Waals surface area contributed by atoms with Gasteiger partial charge in [-0.2, -0.15) is 0 Å². The van der Waals surface area contributed by atoms with E-state index >= 15 is 0 Å². The first-order valence-electron chi connectivity index (χ1n) is 14.1. The van der Waals surface area contributed by atoms with E-state index in [4.69, 9.17) is 0 Å². The monoisotopic (exact) mass is 522 g/mol. The number of urea groups is 1. The Labute approximate surface area is 226 Å². The predicted octanol–water partition coefficient (Wildman–Crippen LogP) is 3.14. The third kappa shape index (κ3) is 6.27. The first kappa shape index (κ1) is 27.9. The highest BCUT2D eigenvalue weighted by atomic mass is 16.2. The van der Waals surface area contributed by atoms with Gasteiger partial charge in [-0.05, 0) is 68.4 Å². The van der Waals surface area contributed by atoms with E-state index in [0.717, 1.165) is 38.5 Å². The lowest BCUT2D eigenvalue weighted by atomic mass is 9.80. The number of Topliss-reactive ketones (excluding diaryl/α,β-unsaturated/α-hetero) is 1. The smallest absolute Gasteiger partial charge is 0.315 e. The molecule has 1 aromatic rings. The summed E-state index contributed by atoms with van der Waals surface area (Å²) in [6.45, 7) is 10.9. The zero-order valence-electron chi connectivity index (χ0n) is 22.9. The van der Waals surface area contributed by atoms with E-state index in [1.807, 2.05) is 37.8 Å². The highest BCUT2D eigenvalue weighted by molar-refractivity contribution is 6.28. The van der Waals surface area contributed by atoms with Crippen LogP contribution in [0.15, 0.2) is 36.5 Å². The molecule has 38 heavy (non-hydrogen) atoms. The minimum Gasteiger partial charge on any atom is -0.361 e. The molecular weight excluding hydrogens is 480 g/mol. The summed E-state index contributed by atoms with van der Waals surface area (Å²) in [5.74, 6) is -0.312. The van der Waals surface area contributed by atoms with Crippen LogP contribution in [0.1, 0.15) is 64.0 Å². The highest BCUT2D eigenvalue weighted by Gasteiger charge is 2.43. The highest BCUT2D eigenvalue weighted by Crippen LogP contribution is 2.36. The number of ketones is 1. The van der Waals surface area contributed by atoms with Crippen molar-refractivity contribution in [3.8, 4) is 0 Å². The predicted molar refractivity (Wildman–Crippen MR) is 146 cm³/mol. The molecule has 0 spiro atoms. The largest absolute Gasteiger partial charge is 0.361 e. The zero-order chi connectivity index (χ0) is 27.4. The molecule has 2 fully saturated rings. The number of rotatable bonds is 11. The Bertz CT molecular complexity index is 1040. The Balaban J connectivity index is 1.52. The third-order valence-electron chi connectivity index (χ3n) is 8.53. The number of aldehydes is 1. The second-order valence-corrected chi connectivity index (χ2v) is 11.7. The Kier molecular flexibility index (Phi) is 8.90. The quantitative estimate of drug-likeness (QED) is 0.306. The molecule has 0 bridgehead atoms. The number of fused-ring (bicyclic) bond motifs is 1. The molecule has 8 heteroatoms. The van der Waals surface area contributed by atoms with Crippen LogP contribution in [0.3, 0.4) is 0 Å². The van der Waals surface area contributed by atoms with Crippen LogP contribution in [-0.4, -0.2) is 59.6 Å². The zero-order valence-corrected chi connectivity index (χ0v) is 22.9. The number of amides is 3. The van der Waals surface area contributed by atoms with Gasteiger partial charge < -0.3 is 20.9 Å². The van der Waals surface area contributed by atoms with E-state index in [1.54, 1.807) is 0 Å². The number of carbonyl (C=O) groups excluding carboxylic acids is 4. The number of likely N-dealkylation sites (tertiary alicyclic amines) is 1. The minimum absolute atomic E-state index is 0.0158. The van der Waals surface area contributed by atoms with Crippen LogP contribution in [0.5, 0.6) is 0 Å². The summed E-state index contributed by atoms with van der Waals surface area (Å²) in [6.07, 6.45) is 6.43. The molecule has 4 rings (SSSR count). The number of nitrogens with one attached hydrogen (secondary N) is 3. The fourth-order valence-corrected chi connectivity index (χ4v) is 6.24. The van der Waals surface area contributed by atoms with Crippen molar-refractivity contribution in [3.63, 3.8) is 0 Å². The molecule has 4 atom stereocenters. The fraction of sp³-hybridized carbons (Fsp3) is 0.600. The van der Waals surface area contributed by atoms with Crippen LogP contribution in [0.4, 0.5) is 4.79 Å². The van der Waals surface area contributed by atoms with Crippen molar-refractivity contribution < 1.29 is 19.2 Å². The molecule has 3 aliphatic rings. The van der Waals surface area contributed by atoms with E-state index in [2.05, 4.69) is 34.7 Å². The molecule has 3 unspecified atom stereocenters. The minimum atomic E-state index is -0.789. The fourth-order valence-electron chi connectivity index (χ4n) is 6.24. The van der Waals surface area contributed by atoms with Crippen LogP contribution < -0.4 is 16.0 Å². The van der Waals surface area contributed by atoms with Crippen molar-refractivity contribution in [2.75, 3.05) is 6.54 Å². The number of nitrogens with zero attached hydrogens (tertiary/aromatic N) is 1. The molecule has 1 aromatic carbocycles. The Hall–Kier alpha value is -3.16. The normalized spacial score (nSPS) is 22.8. The summed E-state index contributed by atoms with van der Waals surface area (Å²) >= 11 is 0. The van der Waals surface area contributed by atoms with Crippen LogP contribution in [0.25, 0.3) is 0 Å². The van der Waals surface area contributed by atoms with E-state index in [9.17, 15) is 19.2 Å². The number of hydrogen-bond acceptors (Lipinski definition) is 5. The second kappa shape index (κ2) is 12.1. The number of benzene rings is 1. The van der Waals surface area contributed by atoms with Gasteiger partial charge in [0.15, 0.2) is 6.29 Å². The summed E-state index contributed by atoms with van der Waals surface area (Å²) in [7, 11) is 0. The summed E-state index contributed by atoms with van der Waals surface area (Å²) in [5, 5.41) is 8.99. The van der Waals surface area contributed by atoms with Crippen LogP contribution in [-0.2, 0) is 27.2 Å². The van der Waals surface area contributed by atoms with E-state index in [1.165, 1.54) is 11.1 Å². The molecule has 1 heterocycles. The van der Waals surface area contributed by atoms with E-state index in [-0.39, 0.29) is 35.9 Å². The molecule has 0 aromatic heterocycles. The third-order valence-corrected chi connectivity index (χ3v) is 8.53. The van der Waals surface area contributed by atoms with Gasteiger partial charge >= 0.3 is 6.03 Å². The maximum atomic E-state index is 13.6. The molecule has 0 radical (unpaired) electrons. The van der Waals surface area contributed by atoms with E-state index in [0.29, 0.717) is 30.9 Å². The van der Waals surface area contributed by atoms with Crippen molar-refractivity contribution >= 4 is 24.0 Å². The molecule has 8 nitrogen and oxygen atoms in total. The Morgan fingerprint density at radius 2 is 1.71 bits per heavy atom. The molecule has 3 amide bonds. The van der Waals surface area contributed by atoms with Gasteiger partial charge in [0.25, 0.3) is 0 Å². The van der Waals surface area contributed by atoms with Gasteiger partial charge in [0.05, 0.1) is 12.1 Å². The van der Waals surface area contributed by atoms with Crippen molar-refractivity contribution in [3.05, 3.63) is 47.7 Å². The van der Waals surface area contributed by atoms with Crippen molar-refractivity contribution in [1.82, 2.24) is 20.9 Å². The Morgan fingerprint density at radius 3 is 2.26 bits per heavy atom. The molecule has 2 aliphatic carbocycles. The van der Waals surface area contributed by atoms with Gasteiger partial charge in [-0.15, -0.1) is 0 Å². The summed E-state index contributed by atoms with van der Waals surface area (Å²) < 4.78 is 0. The molecule has 1 saturated heterocycles. The van der Waals surface area contributed by atoms with Crippen molar-refractivity contribution in [1.29, 1.82) is 0 Å². The van der Waals surface area contributed by atoms with Gasteiger partial charge in [-0.3, -0.25) is 14.4 Å². The molecule has 1 saturated carbocycles. The first-order valence-corrected chi connectivity index (χ1v) is 14.1.